The van der Waals surface area contributed by atoms with E-state index in [1.807, 2.05) is 0 Å². The van der Waals surface area contributed by atoms with Crippen molar-refractivity contribution in [2.75, 3.05) is 19.8 Å². The number of rotatable bonds is 8. The lowest BCUT2D eigenvalue weighted by atomic mass is 10.4. The predicted molar refractivity (Wildman–Crippen MR) is 69.7 cm³/mol. The molecule has 0 N–H and O–H groups in total. The number of carbonyl (C=O) groups excluding carboxylic acids is 4. The molecule has 0 unspecified atom stereocenters. The van der Waals surface area contributed by atoms with Crippen molar-refractivity contribution in [3.05, 3.63) is 12.2 Å². The van der Waals surface area contributed by atoms with Crippen LogP contribution in [0, 0.1) is 0 Å². The first-order chi connectivity index (χ1) is 12.1. The van der Waals surface area contributed by atoms with Crippen LogP contribution >= 0.6 is 0 Å². The predicted octanol–water partition coefficient (Wildman–Crippen LogP) is 1.23. The number of halogens is 6. The van der Waals surface area contributed by atoms with E-state index < -0.39 is 62.2 Å². The van der Waals surface area contributed by atoms with Crippen LogP contribution in [0.1, 0.15) is 6.92 Å². The summed E-state index contributed by atoms with van der Waals surface area (Å²) in [4.78, 5) is 43.7. The highest BCUT2D eigenvalue weighted by Crippen LogP contribution is 2.18. The first-order valence-corrected chi connectivity index (χ1v) is 6.64. The third kappa shape index (κ3) is 10.1. The molecule has 0 rings (SSSR count). The molecule has 27 heavy (non-hydrogen) atoms. The molecule has 0 amide bonds. The minimum absolute atomic E-state index is 0.113. The summed E-state index contributed by atoms with van der Waals surface area (Å²) in [5.41, 5.74) is -0.113. The molecule has 0 atom stereocenters. The molecular formula is C13H12F6O8. The van der Waals surface area contributed by atoms with Gasteiger partial charge in [-0.3, -0.25) is 0 Å². The Balaban J connectivity index is 4.83. The molecule has 0 saturated carbocycles. The Morgan fingerprint density at radius 2 is 1.26 bits per heavy atom. The molecule has 154 valence electrons. The number of ether oxygens (including phenoxy) is 4. The van der Waals surface area contributed by atoms with Gasteiger partial charge in [-0.15, -0.1) is 0 Å². The first kappa shape index (κ1) is 24.2. The van der Waals surface area contributed by atoms with Crippen molar-refractivity contribution < 1.29 is 64.5 Å². The molecule has 0 aromatic rings. The van der Waals surface area contributed by atoms with Crippen LogP contribution in [-0.2, 0) is 38.1 Å². The molecule has 0 bridgehead atoms. The maximum atomic E-state index is 12.0. The second kappa shape index (κ2) is 9.78. The molecule has 0 fully saturated rings. The highest BCUT2D eigenvalue weighted by Gasteiger charge is 2.43. The zero-order valence-corrected chi connectivity index (χ0v) is 13.4. The quantitative estimate of drug-likeness (QED) is 0.255. The maximum Gasteiger partial charge on any atom is 0.490 e. The SMILES string of the molecule is C=C(C)C(=O)OCC(=O)OC(COC(=O)C(F)(F)F)COC(=O)C(F)(F)F. The van der Waals surface area contributed by atoms with Gasteiger partial charge in [0.15, 0.2) is 12.7 Å². The van der Waals surface area contributed by atoms with Gasteiger partial charge in [0.1, 0.15) is 13.2 Å². The monoisotopic (exact) mass is 410 g/mol. The van der Waals surface area contributed by atoms with Gasteiger partial charge in [0.25, 0.3) is 0 Å². The Kier molecular flexibility index (Phi) is 8.76. The normalized spacial score (nSPS) is 11.6. The molecular weight excluding hydrogens is 398 g/mol. The fourth-order valence-corrected chi connectivity index (χ4v) is 1.08. The van der Waals surface area contributed by atoms with Crippen LogP contribution in [0.15, 0.2) is 12.2 Å². The minimum atomic E-state index is -5.42. The lowest BCUT2D eigenvalue weighted by Crippen LogP contribution is -2.36. The van der Waals surface area contributed by atoms with E-state index in [1.165, 1.54) is 6.92 Å². The average Bonchev–Trinajstić information content (AvgIpc) is 2.52. The molecule has 0 aliphatic rings. The summed E-state index contributed by atoms with van der Waals surface area (Å²) in [5, 5.41) is 0. The van der Waals surface area contributed by atoms with E-state index in [0.717, 1.165) is 0 Å². The van der Waals surface area contributed by atoms with Gasteiger partial charge in [-0.25, -0.2) is 19.2 Å². The lowest BCUT2D eigenvalue weighted by molar-refractivity contribution is -0.210. The van der Waals surface area contributed by atoms with E-state index in [0.29, 0.717) is 0 Å². The summed E-state index contributed by atoms with van der Waals surface area (Å²) >= 11 is 0. The Morgan fingerprint density at radius 1 is 0.852 bits per heavy atom. The molecule has 0 aliphatic heterocycles. The van der Waals surface area contributed by atoms with Gasteiger partial charge in [0.2, 0.25) is 0 Å². The van der Waals surface area contributed by atoms with Gasteiger partial charge in [0, 0.05) is 5.57 Å². The largest absolute Gasteiger partial charge is 0.490 e. The van der Waals surface area contributed by atoms with Crippen LogP contribution in [0.2, 0.25) is 0 Å². The fourth-order valence-electron chi connectivity index (χ4n) is 1.08. The van der Waals surface area contributed by atoms with E-state index >= 15 is 0 Å². The second-order valence-corrected chi connectivity index (χ2v) is 4.66. The van der Waals surface area contributed by atoms with Crippen LogP contribution in [-0.4, -0.2) is 62.2 Å². The van der Waals surface area contributed by atoms with Crippen molar-refractivity contribution >= 4 is 23.9 Å². The Bertz CT molecular complexity index is 565. The topological polar surface area (TPSA) is 105 Å². The second-order valence-electron chi connectivity index (χ2n) is 4.66. The Morgan fingerprint density at radius 3 is 1.59 bits per heavy atom. The molecule has 8 nitrogen and oxygen atoms in total. The molecule has 0 aromatic carbocycles. The van der Waals surface area contributed by atoms with Crippen molar-refractivity contribution in [3.63, 3.8) is 0 Å². The Labute approximate surface area is 147 Å². The molecule has 14 heteroatoms. The van der Waals surface area contributed by atoms with Gasteiger partial charge < -0.3 is 18.9 Å². The summed E-state index contributed by atoms with van der Waals surface area (Å²) in [6, 6.07) is 0. The third-order valence-corrected chi connectivity index (χ3v) is 2.23. The van der Waals surface area contributed by atoms with E-state index in [1.54, 1.807) is 0 Å². The smallest absolute Gasteiger partial charge is 0.455 e. The van der Waals surface area contributed by atoms with Gasteiger partial charge in [0.05, 0.1) is 0 Å². The van der Waals surface area contributed by atoms with Crippen molar-refractivity contribution in [1.82, 2.24) is 0 Å². The standard InChI is InChI=1S/C13H12F6O8/c1-6(2)9(21)24-5-8(20)27-7(3-25-10(22)12(14,15)16)4-26-11(23)13(17,18)19/h7H,1,3-5H2,2H3. The average molecular weight is 410 g/mol. The minimum Gasteiger partial charge on any atom is -0.455 e. The van der Waals surface area contributed by atoms with E-state index in [2.05, 4.69) is 25.5 Å². The third-order valence-electron chi connectivity index (χ3n) is 2.23. The molecule has 0 aromatic heterocycles. The zero-order chi connectivity index (χ0) is 21.4. The summed E-state index contributed by atoms with van der Waals surface area (Å²) < 4.78 is 88.4. The van der Waals surface area contributed by atoms with E-state index in [9.17, 15) is 45.5 Å². The van der Waals surface area contributed by atoms with Gasteiger partial charge in [-0.2, -0.15) is 26.3 Å². The Hall–Kier alpha value is -2.80. The summed E-state index contributed by atoms with van der Waals surface area (Å²) in [6.45, 7) is 0.557. The van der Waals surface area contributed by atoms with E-state index in [-0.39, 0.29) is 5.57 Å². The number of esters is 4. The van der Waals surface area contributed by atoms with E-state index in [4.69, 9.17) is 0 Å². The van der Waals surface area contributed by atoms with Gasteiger partial charge in [-0.1, -0.05) is 6.58 Å². The summed E-state index contributed by atoms with van der Waals surface area (Å²) in [6.07, 6.45) is -12.9. The van der Waals surface area contributed by atoms with Gasteiger partial charge >= 0.3 is 36.2 Å². The highest BCUT2D eigenvalue weighted by molar-refractivity contribution is 5.88. The van der Waals surface area contributed by atoms with Gasteiger partial charge in [-0.05, 0) is 6.92 Å². The van der Waals surface area contributed by atoms with Crippen molar-refractivity contribution in [2.24, 2.45) is 0 Å². The number of carbonyl (C=O) groups is 4. The number of alkyl halides is 6. The van der Waals surface area contributed by atoms with Crippen molar-refractivity contribution in [3.8, 4) is 0 Å². The molecule has 0 spiro atoms. The summed E-state index contributed by atoms with van der Waals surface area (Å²) in [5.74, 6) is -7.91. The van der Waals surface area contributed by atoms with Crippen LogP contribution in [0.25, 0.3) is 0 Å². The van der Waals surface area contributed by atoms with Crippen molar-refractivity contribution in [1.29, 1.82) is 0 Å². The fraction of sp³-hybridized carbons (Fsp3) is 0.538. The molecule has 0 aliphatic carbocycles. The maximum absolute atomic E-state index is 12.0. The van der Waals surface area contributed by atoms with Crippen LogP contribution in [0.3, 0.4) is 0 Å². The molecule has 0 saturated heterocycles. The zero-order valence-electron chi connectivity index (χ0n) is 13.4. The first-order valence-electron chi connectivity index (χ1n) is 6.64. The van der Waals surface area contributed by atoms with Crippen LogP contribution in [0.4, 0.5) is 26.3 Å². The molecule has 0 heterocycles. The lowest BCUT2D eigenvalue weighted by Gasteiger charge is -2.18. The van der Waals surface area contributed by atoms with Crippen LogP contribution < -0.4 is 0 Å². The van der Waals surface area contributed by atoms with Crippen LogP contribution in [0.5, 0.6) is 0 Å². The number of hydrogen-bond donors (Lipinski definition) is 0. The highest BCUT2D eigenvalue weighted by atomic mass is 19.4. The van der Waals surface area contributed by atoms with Crippen molar-refractivity contribution in [2.45, 2.75) is 25.4 Å². The summed E-state index contributed by atoms with van der Waals surface area (Å²) in [7, 11) is 0. The molecule has 0 radical (unpaired) electrons. The number of hydrogen-bond acceptors (Lipinski definition) is 8.